The summed E-state index contributed by atoms with van der Waals surface area (Å²) in [6.07, 6.45) is 0.700. The molecule has 2 amide bonds. The van der Waals surface area contributed by atoms with Crippen molar-refractivity contribution in [1.29, 1.82) is 0 Å². The lowest BCUT2D eigenvalue weighted by Gasteiger charge is -2.29. The molecule has 0 bridgehead atoms. The van der Waals surface area contributed by atoms with Gasteiger partial charge in [0, 0.05) is 18.8 Å². The molecule has 0 aromatic heterocycles. The molecular formula is C24H30Cl2N2O2S. The molecule has 7 heteroatoms. The number of benzene rings is 2. The van der Waals surface area contributed by atoms with Gasteiger partial charge in [-0.05, 0) is 42.5 Å². The van der Waals surface area contributed by atoms with Crippen LogP contribution in [0.2, 0.25) is 10.0 Å². The Morgan fingerprint density at radius 3 is 2.35 bits per heavy atom. The molecule has 0 heterocycles. The topological polar surface area (TPSA) is 49.4 Å². The Hall–Kier alpha value is -1.69. The highest BCUT2D eigenvalue weighted by Gasteiger charge is 2.25. The number of carbonyl (C=O) groups excluding carboxylic acids is 2. The van der Waals surface area contributed by atoms with Gasteiger partial charge in [0.25, 0.3) is 0 Å². The van der Waals surface area contributed by atoms with Gasteiger partial charge in [0.1, 0.15) is 6.04 Å². The fourth-order valence-corrected chi connectivity index (χ4v) is 4.17. The Morgan fingerprint density at radius 1 is 1.00 bits per heavy atom. The fraction of sp³-hybridized carbons (Fsp3) is 0.417. The first kappa shape index (κ1) is 25.6. The van der Waals surface area contributed by atoms with Crippen LogP contribution in [0.25, 0.3) is 0 Å². The Labute approximate surface area is 199 Å². The highest BCUT2D eigenvalue weighted by molar-refractivity contribution is 7.99. The standard InChI is InChI=1S/C24H30Cl2N2O2S/c1-17(2)14-27-24(30)18(3)28(12-11-19-7-5-4-6-8-19)23(29)16-31-15-20-9-10-21(25)22(26)13-20/h4-10,13,17-18H,11-12,14-16H2,1-3H3,(H,27,30). The van der Waals surface area contributed by atoms with Crippen molar-refractivity contribution in [3.05, 3.63) is 69.7 Å². The van der Waals surface area contributed by atoms with Crippen molar-refractivity contribution in [3.63, 3.8) is 0 Å². The van der Waals surface area contributed by atoms with Crippen molar-refractivity contribution >= 4 is 46.8 Å². The van der Waals surface area contributed by atoms with Crippen LogP contribution in [-0.4, -0.2) is 41.6 Å². The summed E-state index contributed by atoms with van der Waals surface area (Å²) in [4.78, 5) is 27.4. The summed E-state index contributed by atoms with van der Waals surface area (Å²) in [5.74, 6) is 1.11. The van der Waals surface area contributed by atoms with E-state index in [1.165, 1.54) is 11.8 Å². The molecule has 0 saturated heterocycles. The maximum absolute atomic E-state index is 13.0. The number of halogens is 2. The maximum atomic E-state index is 13.0. The maximum Gasteiger partial charge on any atom is 0.242 e. The van der Waals surface area contributed by atoms with Gasteiger partial charge < -0.3 is 10.2 Å². The van der Waals surface area contributed by atoms with E-state index in [4.69, 9.17) is 23.2 Å². The average Bonchev–Trinajstić information content (AvgIpc) is 2.75. The summed E-state index contributed by atoms with van der Waals surface area (Å²) in [7, 11) is 0. The van der Waals surface area contributed by atoms with Crippen molar-refractivity contribution in [2.24, 2.45) is 5.92 Å². The Bertz CT molecular complexity index is 862. The zero-order chi connectivity index (χ0) is 22.8. The number of nitrogens with one attached hydrogen (secondary N) is 1. The van der Waals surface area contributed by atoms with Gasteiger partial charge in [-0.15, -0.1) is 11.8 Å². The molecule has 168 valence electrons. The monoisotopic (exact) mass is 480 g/mol. The predicted octanol–water partition coefficient (Wildman–Crippen LogP) is 5.46. The van der Waals surface area contributed by atoms with Crippen LogP contribution in [0.15, 0.2) is 48.5 Å². The lowest BCUT2D eigenvalue weighted by Crippen LogP contribution is -2.50. The minimum Gasteiger partial charge on any atom is -0.354 e. The van der Waals surface area contributed by atoms with Crippen LogP contribution >= 0.6 is 35.0 Å². The third kappa shape index (κ3) is 8.76. The number of hydrogen-bond donors (Lipinski definition) is 1. The van der Waals surface area contributed by atoms with E-state index in [1.54, 1.807) is 17.9 Å². The van der Waals surface area contributed by atoms with E-state index in [-0.39, 0.29) is 17.6 Å². The van der Waals surface area contributed by atoms with Gasteiger partial charge >= 0.3 is 0 Å². The van der Waals surface area contributed by atoms with E-state index in [0.717, 1.165) is 11.1 Å². The molecule has 31 heavy (non-hydrogen) atoms. The molecule has 0 aliphatic heterocycles. The third-order valence-corrected chi connectivity index (χ3v) is 6.54. The third-order valence-electron chi connectivity index (χ3n) is 4.81. The second-order valence-electron chi connectivity index (χ2n) is 7.88. The van der Waals surface area contributed by atoms with Crippen molar-refractivity contribution < 1.29 is 9.59 Å². The number of rotatable bonds is 11. The molecule has 1 atom stereocenters. The van der Waals surface area contributed by atoms with Crippen molar-refractivity contribution in [1.82, 2.24) is 10.2 Å². The first-order valence-electron chi connectivity index (χ1n) is 10.4. The Kier molecular flexibility index (Phi) is 10.7. The SMILES string of the molecule is CC(C)CNC(=O)C(C)N(CCc1ccccc1)C(=O)CSCc1ccc(Cl)c(Cl)c1. The molecule has 1 unspecified atom stereocenters. The first-order chi connectivity index (χ1) is 14.8. The smallest absolute Gasteiger partial charge is 0.242 e. The second kappa shape index (κ2) is 13.0. The predicted molar refractivity (Wildman–Crippen MR) is 132 cm³/mol. The largest absolute Gasteiger partial charge is 0.354 e. The molecule has 2 aromatic carbocycles. The molecule has 0 saturated carbocycles. The molecule has 0 fully saturated rings. The zero-order valence-corrected chi connectivity index (χ0v) is 20.6. The van der Waals surface area contributed by atoms with Crippen LogP contribution in [0, 0.1) is 5.92 Å². The number of hydrogen-bond acceptors (Lipinski definition) is 3. The Morgan fingerprint density at radius 2 is 1.71 bits per heavy atom. The Balaban J connectivity index is 1.99. The number of amides is 2. The summed E-state index contributed by atoms with van der Waals surface area (Å²) in [5, 5.41) is 3.96. The quantitative estimate of drug-likeness (QED) is 0.464. The van der Waals surface area contributed by atoms with Gasteiger partial charge in [-0.2, -0.15) is 0 Å². The first-order valence-corrected chi connectivity index (χ1v) is 12.3. The van der Waals surface area contributed by atoms with E-state index in [9.17, 15) is 9.59 Å². The van der Waals surface area contributed by atoms with Crippen molar-refractivity contribution in [2.75, 3.05) is 18.8 Å². The normalized spacial score (nSPS) is 11.9. The molecule has 0 spiro atoms. The highest BCUT2D eigenvalue weighted by Crippen LogP contribution is 2.25. The number of thioether (sulfide) groups is 1. The summed E-state index contributed by atoms with van der Waals surface area (Å²) in [6, 6.07) is 14.9. The molecule has 4 nitrogen and oxygen atoms in total. The van der Waals surface area contributed by atoms with Gasteiger partial charge in [-0.25, -0.2) is 0 Å². The molecule has 0 radical (unpaired) electrons. The second-order valence-corrected chi connectivity index (χ2v) is 9.68. The van der Waals surface area contributed by atoms with E-state index in [2.05, 4.69) is 5.32 Å². The molecule has 0 aliphatic carbocycles. The molecule has 2 aromatic rings. The van der Waals surface area contributed by atoms with Crippen LogP contribution < -0.4 is 5.32 Å². The molecule has 2 rings (SSSR count). The zero-order valence-electron chi connectivity index (χ0n) is 18.2. The lowest BCUT2D eigenvalue weighted by atomic mass is 10.1. The van der Waals surface area contributed by atoms with E-state index >= 15 is 0 Å². The average molecular weight is 481 g/mol. The molecule has 1 N–H and O–H groups in total. The minimum atomic E-state index is -0.527. The van der Waals surface area contributed by atoms with Crippen molar-refractivity contribution in [2.45, 2.75) is 39.0 Å². The minimum absolute atomic E-state index is 0.0480. The molecular weight excluding hydrogens is 451 g/mol. The van der Waals surface area contributed by atoms with Crippen molar-refractivity contribution in [3.8, 4) is 0 Å². The van der Waals surface area contributed by atoms with Crippen LogP contribution in [0.5, 0.6) is 0 Å². The van der Waals surface area contributed by atoms with Gasteiger partial charge in [0.15, 0.2) is 0 Å². The van der Waals surface area contributed by atoms with Crippen LogP contribution in [-0.2, 0) is 21.8 Å². The summed E-state index contributed by atoms with van der Waals surface area (Å²) < 4.78 is 0. The van der Waals surface area contributed by atoms with Gasteiger partial charge in [-0.1, -0.05) is 73.4 Å². The number of carbonyl (C=O) groups is 2. The van der Waals surface area contributed by atoms with E-state index in [1.807, 2.05) is 56.3 Å². The van der Waals surface area contributed by atoms with E-state index in [0.29, 0.717) is 41.2 Å². The summed E-state index contributed by atoms with van der Waals surface area (Å²) in [6.45, 7) is 6.97. The summed E-state index contributed by atoms with van der Waals surface area (Å²) >= 11 is 13.5. The van der Waals surface area contributed by atoms with Gasteiger partial charge in [-0.3, -0.25) is 9.59 Å². The van der Waals surface area contributed by atoms with Gasteiger partial charge in [0.2, 0.25) is 11.8 Å². The fourth-order valence-electron chi connectivity index (χ4n) is 2.99. The highest BCUT2D eigenvalue weighted by atomic mass is 35.5. The number of nitrogens with zero attached hydrogens (tertiary/aromatic N) is 1. The molecule has 0 aliphatic rings. The van der Waals surface area contributed by atoms with Crippen LogP contribution in [0.1, 0.15) is 31.9 Å². The van der Waals surface area contributed by atoms with Crippen LogP contribution in [0.3, 0.4) is 0 Å². The lowest BCUT2D eigenvalue weighted by molar-refractivity contribution is -0.138. The van der Waals surface area contributed by atoms with E-state index < -0.39 is 6.04 Å². The van der Waals surface area contributed by atoms with Gasteiger partial charge in [0.05, 0.1) is 15.8 Å². The van der Waals surface area contributed by atoms with Crippen LogP contribution in [0.4, 0.5) is 0 Å². The summed E-state index contributed by atoms with van der Waals surface area (Å²) in [5.41, 5.74) is 2.14.